The first-order valence-corrected chi connectivity index (χ1v) is 5.05. The Morgan fingerprint density at radius 2 is 1.88 bits per heavy atom. The maximum atomic E-state index is 8.24. The molecule has 5 heteroatoms. The van der Waals surface area contributed by atoms with Crippen LogP contribution >= 0.6 is 20.3 Å². The van der Waals surface area contributed by atoms with E-state index in [0.29, 0.717) is 6.54 Å². The summed E-state index contributed by atoms with van der Waals surface area (Å²) in [7, 11) is 4.78. The van der Waals surface area contributed by atoms with E-state index in [4.69, 9.17) is 18.7 Å². The van der Waals surface area contributed by atoms with E-state index in [1.165, 1.54) is 0 Å². The normalized spacial score (nSPS) is 10.2. The Labute approximate surface area is 76.9 Å². The molecule has 0 bridgehead atoms. The SMILES string of the molecule is CC(O)CN.Cl.[Na][Cl]. The summed E-state index contributed by atoms with van der Waals surface area (Å²) in [4.78, 5) is 0. The Balaban J connectivity index is -0.0000000750. The van der Waals surface area contributed by atoms with Gasteiger partial charge >= 0.3 is 34.6 Å². The minimum absolute atomic E-state index is 0. The van der Waals surface area contributed by atoms with Crippen LogP contribution in [0.15, 0.2) is 0 Å². The second-order valence-electron chi connectivity index (χ2n) is 1.08. The number of hydrogen-bond acceptors (Lipinski definition) is 2. The van der Waals surface area contributed by atoms with Gasteiger partial charge in [0.05, 0.1) is 6.10 Å². The van der Waals surface area contributed by atoms with Gasteiger partial charge in [-0.2, -0.15) is 0 Å². The molecule has 0 rings (SSSR count). The van der Waals surface area contributed by atoms with Gasteiger partial charge in [0.15, 0.2) is 0 Å². The third kappa shape index (κ3) is 25.9. The third-order valence-corrected chi connectivity index (χ3v) is 0.341. The summed E-state index contributed by atoms with van der Waals surface area (Å²) in [6, 6.07) is 0. The molecular formula is C3H10Cl2NNaO. The van der Waals surface area contributed by atoms with Gasteiger partial charge in [-0.3, -0.25) is 0 Å². The summed E-state index contributed by atoms with van der Waals surface area (Å²) < 4.78 is 0. The Hall–Kier alpha value is 1.50. The number of aliphatic hydroxyl groups excluding tert-OH is 1. The quantitative estimate of drug-likeness (QED) is 0.546. The summed E-state index contributed by atoms with van der Waals surface area (Å²) in [6.45, 7) is 2.01. The fourth-order valence-electron chi connectivity index (χ4n) is 0. The summed E-state index contributed by atoms with van der Waals surface area (Å²) in [5.41, 5.74) is 4.92. The predicted molar refractivity (Wildman–Crippen MR) is 39.6 cm³/mol. The molecule has 0 heterocycles. The van der Waals surface area contributed by atoms with E-state index < -0.39 is 0 Å². The number of halogens is 2. The van der Waals surface area contributed by atoms with Crippen molar-refractivity contribution >= 4 is 47.0 Å². The van der Waals surface area contributed by atoms with Crippen LogP contribution in [-0.2, 0) is 0 Å². The second kappa shape index (κ2) is 15.8. The van der Waals surface area contributed by atoms with Crippen molar-refractivity contribution in [3.63, 3.8) is 0 Å². The molecule has 0 aliphatic rings. The van der Waals surface area contributed by atoms with Crippen LogP contribution in [0.3, 0.4) is 0 Å². The van der Waals surface area contributed by atoms with Gasteiger partial charge in [0.2, 0.25) is 0 Å². The molecule has 2 nitrogen and oxygen atoms in total. The molecule has 0 spiro atoms. The molecule has 0 amide bonds. The molecule has 0 aromatic rings. The molecule has 1 unspecified atom stereocenters. The zero-order valence-corrected chi connectivity index (χ0v) is 8.67. The molecule has 3 N–H and O–H groups in total. The summed E-state index contributed by atoms with van der Waals surface area (Å²) in [6.07, 6.45) is -0.338. The monoisotopic (exact) mass is 169 g/mol. The van der Waals surface area contributed by atoms with Crippen LogP contribution in [0, 0.1) is 0 Å². The number of hydrogen-bond donors (Lipinski definition) is 2. The maximum absolute atomic E-state index is 8.24. The molecule has 0 aromatic carbocycles. The second-order valence-corrected chi connectivity index (χ2v) is 1.08. The molecule has 0 fully saturated rings. The molecule has 0 aromatic heterocycles. The van der Waals surface area contributed by atoms with E-state index in [9.17, 15) is 0 Å². The molecule has 0 aliphatic heterocycles. The van der Waals surface area contributed by atoms with Gasteiger partial charge in [0, 0.05) is 6.54 Å². The molecule has 0 radical (unpaired) electrons. The van der Waals surface area contributed by atoms with Gasteiger partial charge in [0.25, 0.3) is 0 Å². The average Bonchev–Trinajstić information content (AvgIpc) is 1.73. The van der Waals surface area contributed by atoms with E-state index in [1.54, 1.807) is 6.92 Å². The first-order chi connectivity index (χ1) is 3.27. The molecule has 48 valence electrons. The van der Waals surface area contributed by atoms with Gasteiger partial charge in [-0.1, -0.05) is 0 Å². The van der Waals surface area contributed by atoms with Crippen LogP contribution < -0.4 is 5.73 Å². The summed E-state index contributed by atoms with van der Waals surface area (Å²) >= 11 is 0.778. The fraction of sp³-hybridized carbons (Fsp3) is 1.00. The van der Waals surface area contributed by atoms with Crippen molar-refractivity contribution in [1.29, 1.82) is 0 Å². The predicted octanol–water partition coefficient (Wildman–Crippen LogP) is 0.0564. The van der Waals surface area contributed by atoms with Crippen molar-refractivity contribution in [3.05, 3.63) is 0 Å². The Morgan fingerprint density at radius 1 is 1.75 bits per heavy atom. The van der Waals surface area contributed by atoms with Gasteiger partial charge in [0.1, 0.15) is 0 Å². The van der Waals surface area contributed by atoms with Gasteiger partial charge in [-0.25, -0.2) is 0 Å². The average molecular weight is 170 g/mol. The third-order valence-electron chi connectivity index (χ3n) is 0.341. The zero-order valence-electron chi connectivity index (χ0n) is 5.10. The van der Waals surface area contributed by atoms with Crippen molar-refractivity contribution in [2.75, 3.05) is 6.54 Å². The van der Waals surface area contributed by atoms with Crippen LogP contribution in [0.4, 0.5) is 0 Å². The van der Waals surface area contributed by atoms with E-state index in [0.717, 1.165) is 26.6 Å². The Morgan fingerprint density at radius 3 is 1.88 bits per heavy atom. The summed E-state index contributed by atoms with van der Waals surface area (Å²) in [5, 5.41) is 8.24. The van der Waals surface area contributed by atoms with Crippen molar-refractivity contribution in [1.82, 2.24) is 0 Å². The van der Waals surface area contributed by atoms with E-state index in [-0.39, 0.29) is 18.5 Å². The molecule has 0 aliphatic carbocycles. The van der Waals surface area contributed by atoms with Crippen LogP contribution in [0.5, 0.6) is 0 Å². The van der Waals surface area contributed by atoms with Crippen molar-refractivity contribution in [2.24, 2.45) is 5.73 Å². The van der Waals surface area contributed by atoms with Crippen LogP contribution in [0.2, 0.25) is 0 Å². The van der Waals surface area contributed by atoms with Gasteiger partial charge in [-0.05, 0) is 6.92 Å². The molecular weight excluding hydrogens is 160 g/mol. The van der Waals surface area contributed by atoms with Crippen molar-refractivity contribution < 1.29 is 5.11 Å². The Bertz CT molecular complexity index is 31.2. The van der Waals surface area contributed by atoms with Crippen LogP contribution in [0.25, 0.3) is 0 Å². The topological polar surface area (TPSA) is 46.2 Å². The number of rotatable bonds is 1. The summed E-state index contributed by atoms with van der Waals surface area (Å²) in [5.74, 6) is 0. The van der Waals surface area contributed by atoms with E-state index >= 15 is 0 Å². The number of nitrogens with two attached hydrogens (primary N) is 1. The zero-order chi connectivity index (χ0) is 6.28. The molecule has 8 heavy (non-hydrogen) atoms. The van der Waals surface area contributed by atoms with Gasteiger partial charge < -0.3 is 10.8 Å². The van der Waals surface area contributed by atoms with Crippen LogP contribution in [-0.4, -0.2) is 44.4 Å². The van der Waals surface area contributed by atoms with E-state index in [2.05, 4.69) is 0 Å². The standard InChI is InChI=1S/C3H9NO.2ClH.Na/c1-3(5)2-4;;;/h3,5H,2,4H2,1H3;2*1H;/q;;;+1/p-1. The van der Waals surface area contributed by atoms with Crippen molar-refractivity contribution in [3.8, 4) is 0 Å². The first kappa shape index (κ1) is 16.2. The number of aliphatic hydroxyl groups is 1. The fourth-order valence-corrected chi connectivity index (χ4v) is 0. The van der Waals surface area contributed by atoms with Gasteiger partial charge in [-0.15, -0.1) is 12.4 Å². The van der Waals surface area contributed by atoms with E-state index in [1.807, 2.05) is 0 Å². The molecule has 0 saturated carbocycles. The Kier molecular flexibility index (Phi) is 32.1. The van der Waals surface area contributed by atoms with Crippen molar-refractivity contribution in [2.45, 2.75) is 13.0 Å². The first-order valence-electron chi connectivity index (χ1n) is 2.03. The molecule has 0 saturated heterocycles. The minimum atomic E-state index is -0.338. The molecule has 1 atom stereocenters. The van der Waals surface area contributed by atoms with Crippen LogP contribution in [0.1, 0.15) is 6.92 Å².